The number of aliphatic hydroxyl groups is 1. The monoisotopic (exact) mass is 102 g/mol. The van der Waals surface area contributed by atoms with Crippen LogP contribution in [0.1, 0.15) is 0 Å². The first kappa shape index (κ1) is 9.70. The number of terminal acetylenes is 1. The molecule has 0 rings (SSSR count). The number of hydrogen-bond donors (Lipinski definition) is 1. The topological polar surface area (TPSA) is 29.5 Å². The number of rotatable bonds is 0. The third kappa shape index (κ3) is 288. The van der Waals surface area contributed by atoms with Crippen LogP contribution in [0, 0.1) is 12.3 Å². The molecule has 1 N–H and O–H groups in total. The number of aliphatic hydroxyl groups excluding tert-OH is 1. The van der Waals surface area contributed by atoms with E-state index in [-0.39, 0.29) is 6.61 Å². The van der Waals surface area contributed by atoms with Crippen molar-refractivity contribution in [1.29, 1.82) is 0 Å². The molecule has 0 aliphatic carbocycles. The molecule has 2 heteroatoms. The standard InChI is InChI=1S/C3H4O.C2H6O/c1-2-3-4;1-3-2/h1,4H,3H2;1-2H3. The quantitative estimate of drug-likeness (QED) is 0.432. The average molecular weight is 102 g/mol. The van der Waals surface area contributed by atoms with Crippen LogP contribution in [0.4, 0.5) is 0 Å². The van der Waals surface area contributed by atoms with E-state index in [1.165, 1.54) is 0 Å². The van der Waals surface area contributed by atoms with Crippen LogP contribution in [0.15, 0.2) is 0 Å². The zero-order chi connectivity index (χ0) is 6.12. The summed E-state index contributed by atoms with van der Waals surface area (Å²) in [5, 5.41) is 7.64. The lowest BCUT2D eigenvalue weighted by atomic mass is 10.8. The lowest BCUT2D eigenvalue weighted by molar-refractivity contribution is 0.277. The van der Waals surface area contributed by atoms with E-state index in [4.69, 9.17) is 5.11 Å². The molecule has 0 aliphatic heterocycles. The Morgan fingerprint density at radius 2 is 1.86 bits per heavy atom. The van der Waals surface area contributed by atoms with E-state index < -0.39 is 0 Å². The molecule has 0 saturated heterocycles. The van der Waals surface area contributed by atoms with Gasteiger partial charge in [0.25, 0.3) is 0 Å². The van der Waals surface area contributed by atoms with Crippen LogP contribution >= 0.6 is 0 Å². The molecule has 42 valence electrons. The van der Waals surface area contributed by atoms with Crippen molar-refractivity contribution in [3.05, 3.63) is 0 Å². The maximum atomic E-state index is 7.64. The van der Waals surface area contributed by atoms with Crippen molar-refractivity contribution in [3.8, 4) is 12.3 Å². The summed E-state index contributed by atoms with van der Waals surface area (Å²) in [6, 6.07) is 0. The summed E-state index contributed by atoms with van der Waals surface area (Å²) >= 11 is 0. The molecule has 0 bridgehead atoms. The minimum Gasteiger partial charge on any atom is -0.388 e. The van der Waals surface area contributed by atoms with Gasteiger partial charge in [0.2, 0.25) is 0 Å². The number of methoxy groups -OCH3 is 1. The van der Waals surface area contributed by atoms with Crippen LogP contribution in [-0.2, 0) is 4.74 Å². The van der Waals surface area contributed by atoms with Crippen LogP contribution < -0.4 is 0 Å². The molecule has 0 saturated carbocycles. The molecule has 7 heavy (non-hydrogen) atoms. The first-order valence-electron chi connectivity index (χ1n) is 1.77. The Balaban J connectivity index is 0. The van der Waals surface area contributed by atoms with Crippen molar-refractivity contribution in [2.45, 2.75) is 0 Å². The Labute approximate surface area is 44.1 Å². The summed E-state index contributed by atoms with van der Waals surface area (Å²) in [7, 11) is 3.25. The van der Waals surface area contributed by atoms with Crippen molar-refractivity contribution < 1.29 is 9.84 Å². The molecule has 0 aromatic carbocycles. The lowest BCUT2D eigenvalue weighted by Crippen LogP contribution is -1.64. The largest absolute Gasteiger partial charge is 0.388 e. The molecule has 0 aromatic rings. The van der Waals surface area contributed by atoms with Crippen molar-refractivity contribution in [3.63, 3.8) is 0 Å². The van der Waals surface area contributed by atoms with Gasteiger partial charge >= 0.3 is 0 Å². The second kappa shape index (κ2) is 17.9. The molecule has 0 aliphatic rings. The smallest absolute Gasteiger partial charge is 0.103 e. The summed E-state index contributed by atoms with van der Waals surface area (Å²) in [4.78, 5) is 0. The van der Waals surface area contributed by atoms with E-state index in [1.807, 2.05) is 5.92 Å². The van der Waals surface area contributed by atoms with Crippen molar-refractivity contribution in [1.82, 2.24) is 0 Å². The fourth-order valence-corrected chi connectivity index (χ4v) is 0. The molecule has 0 fully saturated rings. The number of ether oxygens (including phenoxy) is 1. The van der Waals surface area contributed by atoms with Gasteiger partial charge in [0.1, 0.15) is 6.61 Å². The van der Waals surface area contributed by atoms with Gasteiger partial charge in [-0.2, -0.15) is 0 Å². The van der Waals surface area contributed by atoms with Gasteiger partial charge in [0, 0.05) is 14.2 Å². The van der Waals surface area contributed by atoms with Crippen LogP contribution in [0.5, 0.6) is 0 Å². The Morgan fingerprint density at radius 1 is 1.71 bits per heavy atom. The highest BCUT2D eigenvalue weighted by atomic mass is 16.4. The first-order valence-corrected chi connectivity index (χ1v) is 1.77. The third-order valence-corrected chi connectivity index (χ3v) is 0.0913. The molecule has 0 radical (unpaired) electrons. The molecule has 0 heterocycles. The normalized spacial score (nSPS) is 5.43. The van der Waals surface area contributed by atoms with Gasteiger partial charge < -0.3 is 9.84 Å². The van der Waals surface area contributed by atoms with E-state index in [9.17, 15) is 0 Å². The van der Waals surface area contributed by atoms with Gasteiger partial charge in [-0.15, -0.1) is 6.42 Å². The zero-order valence-corrected chi connectivity index (χ0v) is 4.64. The zero-order valence-electron chi connectivity index (χ0n) is 4.64. The Morgan fingerprint density at radius 3 is 1.86 bits per heavy atom. The van der Waals surface area contributed by atoms with E-state index >= 15 is 0 Å². The highest BCUT2D eigenvalue weighted by molar-refractivity contribution is 4.81. The van der Waals surface area contributed by atoms with Crippen LogP contribution in [0.3, 0.4) is 0 Å². The Bertz CT molecular complexity index is 44.5. The predicted molar refractivity (Wildman–Crippen MR) is 28.9 cm³/mol. The van der Waals surface area contributed by atoms with Gasteiger partial charge in [-0.05, 0) is 0 Å². The molecule has 2 nitrogen and oxygen atoms in total. The fourth-order valence-electron chi connectivity index (χ4n) is 0. The Hall–Kier alpha value is -0.520. The highest BCUT2D eigenvalue weighted by Crippen LogP contribution is 1.34. The predicted octanol–water partition coefficient (Wildman–Crippen LogP) is -0.125. The van der Waals surface area contributed by atoms with E-state index in [0.29, 0.717) is 0 Å². The molecule has 0 unspecified atom stereocenters. The van der Waals surface area contributed by atoms with Crippen molar-refractivity contribution in [2.24, 2.45) is 0 Å². The summed E-state index contributed by atoms with van der Waals surface area (Å²) in [5.41, 5.74) is 0. The van der Waals surface area contributed by atoms with E-state index in [0.717, 1.165) is 0 Å². The third-order valence-electron chi connectivity index (χ3n) is 0.0913. The van der Waals surface area contributed by atoms with Gasteiger partial charge in [-0.3, -0.25) is 0 Å². The molecule has 0 spiro atoms. The van der Waals surface area contributed by atoms with E-state index in [1.54, 1.807) is 14.2 Å². The van der Waals surface area contributed by atoms with Gasteiger partial charge in [-0.1, -0.05) is 5.92 Å². The minimum atomic E-state index is -0.153. The van der Waals surface area contributed by atoms with Crippen molar-refractivity contribution >= 4 is 0 Å². The summed E-state index contributed by atoms with van der Waals surface area (Å²) in [5.74, 6) is 1.99. The summed E-state index contributed by atoms with van der Waals surface area (Å²) in [6.07, 6.45) is 4.53. The van der Waals surface area contributed by atoms with Crippen LogP contribution in [0.25, 0.3) is 0 Å². The average Bonchev–Trinajstić information content (AvgIpc) is 1.69. The van der Waals surface area contributed by atoms with Gasteiger partial charge in [0.15, 0.2) is 0 Å². The lowest BCUT2D eigenvalue weighted by Gasteiger charge is -1.61. The second-order valence-corrected chi connectivity index (χ2v) is 0.770. The molecular formula is C5H10O2. The first-order chi connectivity index (χ1) is 3.33. The minimum absolute atomic E-state index is 0.153. The second-order valence-electron chi connectivity index (χ2n) is 0.770. The maximum absolute atomic E-state index is 7.64. The van der Waals surface area contributed by atoms with E-state index in [2.05, 4.69) is 11.2 Å². The molecule has 0 atom stereocenters. The van der Waals surface area contributed by atoms with Gasteiger partial charge in [-0.25, -0.2) is 0 Å². The molecular weight excluding hydrogens is 92.1 g/mol. The van der Waals surface area contributed by atoms with Crippen molar-refractivity contribution in [2.75, 3.05) is 20.8 Å². The fraction of sp³-hybridized carbons (Fsp3) is 0.600. The van der Waals surface area contributed by atoms with Crippen LogP contribution in [-0.4, -0.2) is 25.9 Å². The molecule has 0 amide bonds. The highest BCUT2D eigenvalue weighted by Gasteiger charge is 1.43. The summed E-state index contributed by atoms with van der Waals surface area (Å²) < 4.78 is 4.25. The Kier molecular flexibility index (Phi) is 24.8. The maximum Gasteiger partial charge on any atom is 0.103 e. The summed E-state index contributed by atoms with van der Waals surface area (Å²) in [6.45, 7) is -0.153. The van der Waals surface area contributed by atoms with Crippen LogP contribution in [0.2, 0.25) is 0 Å². The SMILES string of the molecule is C#CCO.COC. The van der Waals surface area contributed by atoms with Gasteiger partial charge in [0.05, 0.1) is 0 Å². The molecule has 0 aromatic heterocycles. The number of hydrogen-bond acceptors (Lipinski definition) is 2.